The molecule has 1 aromatic rings. The molecule has 0 spiro atoms. The van der Waals surface area contributed by atoms with Gasteiger partial charge in [0.25, 0.3) is 0 Å². The van der Waals surface area contributed by atoms with Crippen molar-refractivity contribution in [3.63, 3.8) is 0 Å². The number of carboxylic acid groups (broad SMARTS) is 1. The fourth-order valence-electron chi connectivity index (χ4n) is 1.02. The van der Waals surface area contributed by atoms with E-state index in [2.05, 4.69) is 10.3 Å². The van der Waals surface area contributed by atoms with Crippen LogP contribution >= 0.6 is 0 Å². The number of nitrogens with zero attached hydrogens (tertiary/aromatic N) is 2. The zero-order valence-corrected chi connectivity index (χ0v) is 6.06. The molecule has 1 N–H and O–H groups in total. The zero-order valence-electron chi connectivity index (χ0n) is 6.06. The predicted molar refractivity (Wildman–Crippen MR) is 43.3 cm³/mol. The first-order valence-electron chi connectivity index (χ1n) is 3.38. The van der Waals surface area contributed by atoms with Gasteiger partial charge in [-0.3, -0.25) is 0 Å². The van der Waals surface area contributed by atoms with Gasteiger partial charge in [0.1, 0.15) is 6.34 Å². The molecule has 0 aliphatic carbocycles. The van der Waals surface area contributed by atoms with E-state index in [-0.39, 0.29) is 5.56 Å². The summed E-state index contributed by atoms with van der Waals surface area (Å²) in [6, 6.07) is 4.66. The zero-order chi connectivity index (χ0) is 8.55. The first-order valence-corrected chi connectivity index (χ1v) is 3.38. The summed E-state index contributed by atoms with van der Waals surface area (Å²) in [5, 5.41) is 12.5. The van der Waals surface area contributed by atoms with E-state index in [4.69, 9.17) is 5.11 Å². The maximum Gasteiger partial charge on any atom is 0.335 e. The standard InChI is InChI=1S/C8H5N2O2/c11-8(12)5-1-2-6-7(3-5)10-4-9-6/h1-4H,(H,11,12). The number of benzene rings is 1. The third-order valence-electron chi connectivity index (χ3n) is 1.62. The number of aliphatic imine (C=N–C) groups is 1. The predicted octanol–water partition coefficient (Wildman–Crippen LogP) is 1.29. The maximum atomic E-state index is 10.5. The quantitative estimate of drug-likeness (QED) is 0.674. The second kappa shape index (κ2) is 2.34. The molecule has 0 aromatic heterocycles. The number of carbonyl (C=O) groups is 1. The molecule has 1 aliphatic heterocycles. The molecule has 2 rings (SSSR count). The lowest BCUT2D eigenvalue weighted by molar-refractivity contribution is 0.0697. The van der Waals surface area contributed by atoms with Crippen molar-refractivity contribution < 1.29 is 9.90 Å². The van der Waals surface area contributed by atoms with Gasteiger partial charge in [-0.2, -0.15) is 0 Å². The van der Waals surface area contributed by atoms with Crippen LogP contribution in [0.2, 0.25) is 0 Å². The Labute approximate surface area is 68.6 Å². The van der Waals surface area contributed by atoms with Gasteiger partial charge in [0, 0.05) is 0 Å². The second-order valence-electron chi connectivity index (χ2n) is 2.38. The first-order chi connectivity index (χ1) is 5.77. The summed E-state index contributed by atoms with van der Waals surface area (Å²) in [5.41, 5.74) is 1.58. The molecule has 0 bridgehead atoms. The van der Waals surface area contributed by atoms with Crippen LogP contribution in [0.4, 0.5) is 11.4 Å². The summed E-state index contributed by atoms with van der Waals surface area (Å²) < 4.78 is 0. The van der Waals surface area contributed by atoms with E-state index in [1.54, 1.807) is 6.07 Å². The smallest absolute Gasteiger partial charge is 0.335 e. The van der Waals surface area contributed by atoms with Crippen molar-refractivity contribution in [3.05, 3.63) is 23.8 Å². The van der Waals surface area contributed by atoms with E-state index >= 15 is 0 Å². The van der Waals surface area contributed by atoms with Crippen molar-refractivity contribution in [2.75, 3.05) is 0 Å². The molecule has 0 amide bonds. The Morgan fingerprint density at radius 1 is 1.33 bits per heavy atom. The summed E-state index contributed by atoms with van der Waals surface area (Å²) >= 11 is 0. The van der Waals surface area contributed by atoms with Crippen molar-refractivity contribution in [2.24, 2.45) is 4.99 Å². The van der Waals surface area contributed by atoms with Gasteiger partial charge < -0.3 is 5.11 Å². The average molecular weight is 161 g/mol. The van der Waals surface area contributed by atoms with E-state index in [0.29, 0.717) is 5.69 Å². The van der Waals surface area contributed by atoms with Crippen molar-refractivity contribution in [2.45, 2.75) is 0 Å². The molecule has 1 heterocycles. The van der Waals surface area contributed by atoms with Crippen LogP contribution in [-0.4, -0.2) is 17.4 Å². The molecule has 4 nitrogen and oxygen atoms in total. The lowest BCUT2D eigenvalue weighted by Gasteiger charge is -1.97. The van der Waals surface area contributed by atoms with E-state index in [1.165, 1.54) is 18.5 Å². The van der Waals surface area contributed by atoms with Crippen LogP contribution < -0.4 is 5.32 Å². The Hall–Kier alpha value is -1.84. The molecule has 1 aromatic carbocycles. The fourth-order valence-corrected chi connectivity index (χ4v) is 1.02. The summed E-state index contributed by atoms with van der Waals surface area (Å²) in [5.74, 6) is -0.945. The molecule has 59 valence electrons. The Morgan fingerprint density at radius 2 is 2.17 bits per heavy atom. The van der Waals surface area contributed by atoms with E-state index < -0.39 is 5.97 Å². The molecule has 12 heavy (non-hydrogen) atoms. The Bertz CT molecular complexity index is 371. The third-order valence-corrected chi connectivity index (χ3v) is 1.62. The van der Waals surface area contributed by atoms with Gasteiger partial charge in [0.05, 0.1) is 16.9 Å². The molecule has 4 heteroatoms. The Kier molecular flexibility index (Phi) is 1.33. The minimum Gasteiger partial charge on any atom is -0.478 e. The van der Waals surface area contributed by atoms with Crippen LogP contribution in [0, 0.1) is 0 Å². The monoisotopic (exact) mass is 161 g/mol. The number of aromatic carboxylic acids is 1. The van der Waals surface area contributed by atoms with Crippen LogP contribution in [0.1, 0.15) is 10.4 Å². The summed E-state index contributed by atoms with van der Waals surface area (Å²) in [6.45, 7) is 0. The molecule has 0 atom stereocenters. The highest BCUT2D eigenvalue weighted by Crippen LogP contribution is 2.28. The molecule has 0 fully saturated rings. The average Bonchev–Trinajstić information content (AvgIpc) is 2.49. The molecule has 1 radical (unpaired) electrons. The van der Waals surface area contributed by atoms with Crippen LogP contribution in [-0.2, 0) is 0 Å². The normalized spacial score (nSPS) is 12.3. The number of hydrogen-bond acceptors (Lipinski definition) is 2. The highest BCUT2D eigenvalue weighted by molar-refractivity contribution is 5.92. The lowest BCUT2D eigenvalue weighted by atomic mass is 10.2. The van der Waals surface area contributed by atoms with Gasteiger partial charge in [0.2, 0.25) is 0 Å². The van der Waals surface area contributed by atoms with Crippen molar-refractivity contribution >= 4 is 23.7 Å². The number of rotatable bonds is 1. The first kappa shape index (κ1) is 6.84. The van der Waals surface area contributed by atoms with Crippen LogP contribution in [0.25, 0.3) is 0 Å². The number of hydrogen-bond donors (Lipinski definition) is 1. The number of carboxylic acids is 1. The van der Waals surface area contributed by atoms with Gasteiger partial charge in [-0.05, 0) is 18.2 Å². The van der Waals surface area contributed by atoms with Crippen LogP contribution in [0.3, 0.4) is 0 Å². The SMILES string of the molecule is O=C(O)c1ccc2c(c1)[N]C=N2. The second-order valence-corrected chi connectivity index (χ2v) is 2.38. The number of fused-ring (bicyclic) bond motifs is 1. The van der Waals surface area contributed by atoms with E-state index in [0.717, 1.165) is 5.69 Å². The van der Waals surface area contributed by atoms with Gasteiger partial charge >= 0.3 is 5.97 Å². The van der Waals surface area contributed by atoms with Crippen LogP contribution in [0.15, 0.2) is 23.2 Å². The molecular formula is C8H5N2O2. The van der Waals surface area contributed by atoms with E-state index in [9.17, 15) is 4.79 Å². The highest BCUT2D eigenvalue weighted by atomic mass is 16.4. The van der Waals surface area contributed by atoms with Crippen LogP contribution in [0.5, 0.6) is 0 Å². The van der Waals surface area contributed by atoms with Crippen molar-refractivity contribution in [1.82, 2.24) is 5.32 Å². The molecule has 0 saturated heterocycles. The topological polar surface area (TPSA) is 63.8 Å². The van der Waals surface area contributed by atoms with Gasteiger partial charge in [-0.25, -0.2) is 15.1 Å². The molecule has 0 unspecified atom stereocenters. The highest BCUT2D eigenvalue weighted by Gasteiger charge is 2.10. The molecular weight excluding hydrogens is 156 g/mol. The summed E-state index contributed by atoms with van der Waals surface area (Å²) in [4.78, 5) is 14.4. The Balaban J connectivity index is 2.49. The lowest BCUT2D eigenvalue weighted by Crippen LogP contribution is -1.96. The Morgan fingerprint density at radius 3 is 2.92 bits per heavy atom. The molecule has 1 aliphatic rings. The summed E-state index contributed by atoms with van der Waals surface area (Å²) in [6.07, 6.45) is 1.41. The molecule has 0 saturated carbocycles. The minimum atomic E-state index is -0.945. The minimum absolute atomic E-state index is 0.239. The van der Waals surface area contributed by atoms with E-state index in [1.807, 2.05) is 0 Å². The van der Waals surface area contributed by atoms with Gasteiger partial charge in [-0.1, -0.05) is 0 Å². The van der Waals surface area contributed by atoms with Crippen molar-refractivity contribution in [3.8, 4) is 0 Å². The maximum absolute atomic E-state index is 10.5. The van der Waals surface area contributed by atoms with Gasteiger partial charge in [-0.15, -0.1) is 0 Å². The fraction of sp³-hybridized carbons (Fsp3) is 0. The summed E-state index contributed by atoms with van der Waals surface area (Å²) in [7, 11) is 0. The largest absolute Gasteiger partial charge is 0.478 e. The van der Waals surface area contributed by atoms with Crippen molar-refractivity contribution in [1.29, 1.82) is 0 Å². The van der Waals surface area contributed by atoms with Gasteiger partial charge in [0.15, 0.2) is 0 Å². The third kappa shape index (κ3) is 0.934.